The Balaban J connectivity index is 1.68. The van der Waals surface area contributed by atoms with Gasteiger partial charge in [-0.1, -0.05) is 0 Å². The van der Waals surface area contributed by atoms with Crippen molar-refractivity contribution in [3.05, 3.63) is 64.2 Å². The number of nitriles is 1. The summed E-state index contributed by atoms with van der Waals surface area (Å²) in [6.45, 7) is 2.36. The van der Waals surface area contributed by atoms with Gasteiger partial charge >= 0.3 is 0 Å². The number of nitrogens with one attached hydrogen (secondary N) is 2. The quantitative estimate of drug-likeness (QED) is 0.540. The van der Waals surface area contributed by atoms with E-state index >= 15 is 0 Å². The summed E-state index contributed by atoms with van der Waals surface area (Å²) in [6, 6.07) is 6.09. The molecule has 1 atom stereocenters. The van der Waals surface area contributed by atoms with Gasteiger partial charge in [0.25, 0.3) is 0 Å². The molecule has 8 nitrogen and oxygen atoms in total. The summed E-state index contributed by atoms with van der Waals surface area (Å²) in [6.07, 6.45) is 8.99. The van der Waals surface area contributed by atoms with Crippen LogP contribution in [-0.4, -0.2) is 28.1 Å². The van der Waals surface area contributed by atoms with Gasteiger partial charge in [0.15, 0.2) is 0 Å². The van der Waals surface area contributed by atoms with Gasteiger partial charge in [-0.05, 0) is 43.4 Å². The van der Waals surface area contributed by atoms with Crippen molar-refractivity contribution in [2.45, 2.75) is 38.9 Å². The number of ether oxygens (including phenoxy) is 2. The Hall–Kier alpha value is -3.70. The molecule has 2 N–H and O–H groups in total. The smallest absolute Gasteiger partial charge is 0.141 e. The van der Waals surface area contributed by atoms with E-state index in [2.05, 4.69) is 21.5 Å². The highest BCUT2D eigenvalue weighted by molar-refractivity contribution is 5.88. The molecule has 2 aromatic heterocycles. The van der Waals surface area contributed by atoms with E-state index in [0.29, 0.717) is 12.2 Å². The van der Waals surface area contributed by atoms with Crippen LogP contribution in [0.25, 0.3) is 0 Å². The molecule has 1 unspecified atom stereocenters. The molecular weight excluding hydrogens is 404 g/mol. The number of hydrogen-bond donors (Lipinski definition) is 2. The molecular formula is C24H26N6O2. The number of benzene rings is 1. The summed E-state index contributed by atoms with van der Waals surface area (Å²) in [5.74, 6) is 0.735. The molecule has 1 aliphatic rings. The predicted molar refractivity (Wildman–Crippen MR) is 122 cm³/mol. The summed E-state index contributed by atoms with van der Waals surface area (Å²) in [5.41, 5.74) is 6.72. The highest BCUT2D eigenvalue weighted by Gasteiger charge is 2.27. The Morgan fingerprint density at radius 1 is 1.38 bits per heavy atom. The maximum Gasteiger partial charge on any atom is 0.141 e. The fourth-order valence-corrected chi connectivity index (χ4v) is 4.14. The van der Waals surface area contributed by atoms with Crippen LogP contribution in [0.5, 0.6) is 5.75 Å². The van der Waals surface area contributed by atoms with E-state index in [1.54, 1.807) is 24.2 Å². The number of anilines is 2. The first-order valence-corrected chi connectivity index (χ1v) is 10.5. The van der Waals surface area contributed by atoms with E-state index in [-0.39, 0.29) is 6.10 Å². The van der Waals surface area contributed by atoms with Crippen molar-refractivity contribution >= 4 is 17.6 Å². The molecule has 0 saturated carbocycles. The van der Waals surface area contributed by atoms with Gasteiger partial charge in [0.2, 0.25) is 0 Å². The van der Waals surface area contributed by atoms with Crippen molar-refractivity contribution in [2.75, 3.05) is 12.4 Å². The minimum atomic E-state index is -0.210. The van der Waals surface area contributed by atoms with E-state index < -0.39 is 0 Å². The average Bonchev–Trinajstić information content (AvgIpc) is 3.21. The molecule has 0 aliphatic heterocycles. The van der Waals surface area contributed by atoms with Crippen molar-refractivity contribution in [1.29, 1.82) is 10.7 Å². The number of rotatable bonds is 7. The van der Waals surface area contributed by atoms with Crippen LogP contribution in [0.1, 0.15) is 52.5 Å². The normalized spacial score (nSPS) is 15.0. The highest BCUT2D eigenvalue weighted by atomic mass is 16.5. The summed E-state index contributed by atoms with van der Waals surface area (Å²) in [5, 5.41) is 24.8. The molecule has 0 amide bonds. The molecule has 0 bridgehead atoms. The van der Waals surface area contributed by atoms with Crippen molar-refractivity contribution < 1.29 is 9.47 Å². The second-order valence-corrected chi connectivity index (χ2v) is 7.93. The molecule has 0 radical (unpaired) electrons. The van der Waals surface area contributed by atoms with Gasteiger partial charge in [-0.25, -0.2) is 0 Å². The minimum Gasteiger partial charge on any atom is -0.484 e. The number of pyridine rings is 1. The predicted octanol–water partition coefficient (Wildman–Crippen LogP) is 4.34. The molecule has 164 valence electrons. The molecule has 0 fully saturated rings. The Morgan fingerprint density at radius 3 is 2.91 bits per heavy atom. The lowest BCUT2D eigenvalue weighted by Gasteiger charge is -2.28. The van der Waals surface area contributed by atoms with Crippen molar-refractivity contribution in [3.8, 4) is 11.8 Å². The van der Waals surface area contributed by atoms with Gasteiger partial charge in [0, 0.05) is 50.0 Å². The van der Waals surface area contributed by atoms with Gasteiger partial charge in [-0.15, -0.1) is 0 Å². The zero-order valence-electron chi connectivity index (χ0n) is 18.5. The summed E-state index contributed by atoms with van der Waals surface area (Å²) >= 11 is 0. The molecule has 0 saturated heterocycles. The zero-order chi connectivity index (χ0) is 22.7. The first-order chi connectivity index (χ1) is 15.5. The molecule has 0 spiro atoms. The average molecular weight is 431 g/mol. The lowest BCUT2D eigenvalue weighted by atomic mass is 9.88. The maximum atomic E-state index is 9.48. The van der Waals surface area contributed by atoms with Crippen molar-refractivity contribution in [1.82, 2.24) is 14.8 Å². The zero-order valence-corrected chi connectivity index (χ0v) is 18.5. The number of fused-ring (bicyclic) bond motifs is 1. The molecule has 8 heteroatoms. The molecule has 32 heavy (non-hydrogen) atoms. The van der Waals surface area contributed by atoms with Crippen LogP contribution in [0.2, 0.25) is 0 Å². The third-order valence-electron chi connectivity index (χ3n) is 5.69. The van der Waals surface area contributed by atoms with E-state index in [4.69, 9.17) is 14.9 Å². The fourth-order valence-electron chi connectivity index (χ4n) is 4.14. The lowest BCUT2D eigenvalue weighted by Crippen LogP contribution is -2.20. The van der Waals surface area contributed by atoms with Gasteiger partial charge in [-0.3, -0.25) is 9.67 Å². The fraction of sp³-hybridized carbons (Fsp3) is 0.333. The number of aromatic nitrogens is 3. The third-order valence-corrected chi connectivity index (χ3v) is 5.69. The van der Waals surface area contributed by atoms with Crippen LogP contribution >= 0.6 is 0 Å². The van der Waals surface area contributed by atoms with E-state index in [9.17, 15) is 5.26 Å². The maximum absolute atomic E-state index is 9.48. The van der Waals surface area contributed by atoms with Crippen LogP contribution in [0, 0.1) is 23.7 Å². The summed E-state index contributed by atoms with van der Waals surface area (Å²) < 4.78 is 13.6. The largest absolute Gasteiger partial charge is 0.484 e. The minimum absolute atomic E-state index is 0.210. The van der Waals surface area contributed by atoms with Crippen LogP contribution in [0.15, 0.2) is 30.7 Å². The van der Waals surface area contributed by atoms with Crippen molar-refractivity contribution in [2.24, 2.45) is 7.05 Å². The van der Waals surface area contributed by atoms with Crippen molar-refractivity contribution in [3.63, 3.8) is 0 Å². The van der Waals surface area contributed by atoms with Gasteiger partial charge in [0.05, 0.1) is 35.4 Å². The first kappa shape index (κ1) is 21.5. The molecule has 4 rings (SSSR count). The second kappa shape index (κ2) is 9.20. The van der Waals surface area contributed by atoms with E-state index in [0.717, 1.165) is 64.3 Å². The number of aryl methyl sites for hydroxylation is 2. The highest BCUT2D eigenvalue weighted by Crippen LogP contribution is 2.37. The van der Waals surface area contributed by atoms with Crippen LogP contribution in [0.3, 0.4) is 0 Å². The molecule has 2 heterocycles. The van der Waals surface area contributed by atoms with E-state index in [1.165, 1.54) is 6.21 Å². The summed E-state index contributed by atoms with van der Waals surface area (Å²) in [4.78, 5) is 4.60. The number of methoxy groups -OCH3 is 1. The Kier molecular flexibility index (Phi) is 6.19. The lowest BCUT2D eigenvalue weighted by molar-refractivity contribution is 0.169. The van der Waals surface area contributed by atoms with Crippen LogP contribution in [-0.2, 0) is 24.8 Å². The van der Waals surface area contributed by atoms with Crippen LogP contribution < -0.4 is 10.1 Å². The Labute approximate surface area is 187 Å². The topological polar surface area (TPSA) is 109 Å². The van der Waals surface area contributed by atoms with Gasteiger partial charge in [-0.2, -0.15) is 10.4 Å². The molecule has 3 aromatic rings. The second-order valence-electron chi connectivity index (χ2n) is 7.93. The van der Waals surface area contributed by atoms with Gasteiger partial charge < -0.3 is 20.2 Å². The standard InChI is InChI=1S/C24H26N6O2/c1-15-7-16(9-25)21(29-18-12-28-30(2)13-18)8-23(15)32-22-6-4-5-19-20(14-31-3)17(10-26)11-27-24(19)22/h7-9,11-13,22,25,29H,4-6,14H2,1-3H3. The monoisotopic (exact) mass is 430 g/mol. The SMILES string of the molecule is COCc1c(C#N)cnc2c1CCCC2Oc1cc(Nc2cnn(C)c2)c(C=N)cc1C. The Morgan fingerprint density at radius 2 is 2.22 bits per heavy atom. The number of nitrogens with zero attached hydrogens (tertiary/aromatic N) is 4. The molecule has 1 aromatic carbocycles. The van der Waals surface area contributed by atoms with Gasteiger partial charge in [0.1, 0.15) is 17.9 Å². The first-order valence-electron chi connectivity index (χ1n) is 10.5. The third kappa shape index (κ3) is 4.20. The Bertz CT molecular complexity index is 1190. The summed E-state index contributed by atoms with van der Waals surface area (Å²) in [7, 11) is 3.49. The number of hydrogen-bond acceptors (Lipinski definition) is 7. The van der Waals surface area contributed by atoms with E-state index in [1.807, 2.05) is 32.3 Å². The molecule has 1 aliphatic carbocycles. The van der Waals surface area contributed by atoms with Crippen LogP contribution in [0.4, 0.5) is 11.4 Å².